The second kappa shape index (κ2) is 8.29. The maximum absolute atomic E-state index is 12.5. The van der Waals surface area contributed by atoms with E-state index < -0.39 is 0 Å². The summed E-state index contributed by atoms with van der Waals surface area (Å²) in [6, 6.07) is 8.84. The van der Waals surface area contributed by atoms with Crippen molar-refractivity contribution in [3.63, 3.8) is 0 Å². The molecule has 0 aliphatic heterocycles. The number of halogens is 1. The first-order valence-electron chi connectivity index (χ1n) is 8.26. The van der Waals surface area contributed by atoms with Crippen molar-refractivity contribution >= 4 is 45.8 Å². The van der Waals surface area contributed by atoms with E-state index in [1.165, 1.54) is 0 Å². The van der Waals surface area contributed by atoms with Crippen molar-refractivity contribution < 1.29 is 4.79 Å². The van der Waals surface area contributed by atoms with Gasteiger partial charge >= 0.3 is 0 Å². The molecule has 3 aromatic rings. The van der Waals surface area contributed by atoms with E-state index in [9.17, 15) is 9.59 Å². The van der Waals surface area contributed by atoms with Gasteiger partial charge in [0, 0.05) is 22.5 Å². The topological polar surface area (TPSA) is 66.1 Å². The van der Waals surface area contributed by atoms with E-state index in [0.29, 0.717) is 28.3 Å². The van der Waals surface area contributed by atoms with Gasteiger partial charge in [0.05, 0.1) is 17.4 Å². The lowest BCUT2D eigenvalue weighted by Crippen LogP contribution is -2.31. The first-order chi connectivity index (χ1) is 12.6. The van der Waals surface area contributed by atoms with Crippen molar-refractivity contribution in [2.45, 2.75) is 19.9 Å². The Morgan fingerprint density at radius 2 is 2.23 bits per heavy atom. The molecule has 0 atom stereocenters. The third-order valence-electron chi connectivity index (χ3n) is 3.80. The number of H-pyrrole nitrogens is 1. The van der Waals surface area contributed by atoms with Gasteiger partial charge in [0.25, 0.3) is 5.56 Å². The molecule has 1 N–H and O–H groups in total. The lowest BCUT2D eigenvalue weighted by atomic mass is 10.2. The van der Waals surface area contributed by atoms with Crippen LogP contribution in [0, 0.1) is 0 Å². The molecular weight excluding hydrogens is 370 g/mol. The van der Waals surface area contributed by atoms with Gasteiger partial charge in [0.15, 0.2) is 0 Å². The molecular formula is C19H18ClN3O2S. The molecule has 3 rings (SSSR count). The van der Waals surface area contributed by atoms with E-state index in [1.54, 1.807) is 46.6 Å². The van der Waals surface area contributed by atoms with Gasteiger partial charge in [-0.3, -0.25) is 9.59 Å². The van der Waals surface area contributed by atoms with E-state index >= 15 is 0 Å². The molecule has 26 heavy (non-hydrogen) atoms. The zero-order valence-corrected chi connectivity index (χ0v) is 15.8. The highest BCUT2D eigenvalue weighted by Crippen LogP contribution is 2.15. The molecule has 5 nitrogen and oxygen atoms in total. The van der Waals surface area contributed by atoms with E-state index in [0.717, 1.165) is 11.3 Å². The number of benzene rings is 1. The number of nitrogens with one attached hydrogen (secondary N) is 1. The van der Waals surface area contributed by atoms with Crippen LogP contribution in [0.3, 0.4) is 0 Å². The fourth-order valence-electron chi connectivity index (χ4n) is 2.60. The lowest BCUT2D eigenvalue weighted by Gasteiger charge is -2.20. The SMILES string of the molecule is CCCN(Cc1nc2cc(Cl)ccc2c(=O)[nH]1)C(=O)/C=C/c1cccs1. The Morgan fingerprint density at radius 1 is 1.38 bits per heavy atom. The fraction of sp³-hybridized carbons (Fsp3) is 0.211. The van der Waals surface area contributed by atoms with Gasteiger partial charge in [0.1, 0.15) is 5.82 Å². The average molecular weight is 388 g/mol. The second-order valence-corrected chi connectivity index (χ2v) is 7.20. The van der Waals surface area contributed by atoms with Gasteiger partial charge in [-0.25, -0.2) is 4.98 Å². The van der Waals surface area contributed by atoms with Crippen LogP contribution in [0.5, 0.6) is 0 Å². The standard InChI is InChI=1S/C19H18ClN3O2S/c1-2-9-23(18(24)8-6-14-4-3-10-26-14)12-17-21-16-11-13(20)5-7-15(16)19(25)22-17/h3-8,10-11H,2,9,12H2,1H3,(H,21,22,25)/b8-6+. The van der Waals surface area contributed by atoms with Crippen molar-refractivity contribution in [2.75, 3.05) is 6.54 Å². The zero-order valence-electron chi connectivity index (χ0n) is 14.2. The second-order valence-electron chi connectivity index (χ2n) is 5.78. The molecule has 0 bridgehead atoms. The molecule has 0 saturated heterocycles. The Hall–Kier alpha value is -2.44. The molecule has 2 heterocycles. The minimum atomic E-state index is -0.236. The van der Waals surface area contributed by atoms with Crippen molar-refractivity contribution in [3.05, 3.63) is 67.9 Å². The molecule has 0 fully saturated rings. The number of fused-ring (bicyclic) bond motifs is 1. The van der Waals surface area contributed by atoms with Crippen LogP contribution in [0.1, 0.15) is 24.0 Å². The summed E-state index contributed by atoms with van der Waals surface area (Å²) < 4.78 is 0. The van der Waals surface area contributed by atoms with Crippen LogP contribution in [0.25, 0.3) is 17.0 Å². The van der Waals surface area contributed by atoms with Crippen molar-refractivity contribution in [3.8, 4) is 0 Å². The first kappa shape index (κ1) is 18.4. The number of hydrogen-bond acceptors (Lipinski definition) is 4. The number of rotatable bonds is 6. The van der Waals surface area contributed by atoms with Gasteiger partial charge in [-0.1, -0.05) is 24.6 Å². The van der Waals surface area contributed by atoms with Gasteiger partial charge in [-0.2, -0.15) is 0 Å². The highest BCUT2D eigenvalue weighted by atomic mass is 35.5. The minimum absolute atomic E-state index is 0.117. The molecule has 0 radical (unpaired) electrons. The van der Waals surface area contributed by atoms with Gasteiger partial charge in [-0.05, 0) is 42.1 Å². The third kappa shape index (κ3) is 4.39. The van der Waals surface area contributed by atoms with Crippen LogP contribution in [-0.2, 0) is 11.3 Å². The quantitative estimate of drug-likeness (QED) is 0.648. The normalized spacial score (nSPS) is 11.3. The molecule has 7 heteroatoms. The number of carbonyl (C=O) groups is 1. The van der Waals surface area contributed by atoms with Gasteiger partial charge in [0.2, 0.25) is 5.91 Å². The maximum atomic E-state index is 12.5. The molecule has 0 spiro atoms. The van der Waals surface area contributed by atoms with Crippen molar-refractivity contribution in [1.82, 2.24) is 14.9 Å². The van der Waals surface area contributed by atoms with Crippen LogP contribution in [0.4, 0.5) is 0 Å². The highest BCUT2D eigenvalue weighted by Gasteiger charge is 2.13. The fourth-order valence-corrected chi connectivity index (χ4v) is 3.38. The van der Waals surface area contributed by atoms with Crippen LogP contribution in [0.2, 0.25) is 5.02 Å². The van der Waals surface area contributed by atoms with Gasteiger partial charge < -0.3 is 9.88 Å². The summed E-state index contributed by atoms with van der Waals surface area (Å²) in [5.41, 5.74) is 0.286. The number of thiophene rings is 1. The third-order valence-corrected chi connectivity index (χ3v) is 4.87. The van der Waals surface area contributed by atoms with Crippen LogP contribution in [-0.4, -0.2) is 27.3 Å². The summed E-state index contributed by atoms with van der Waals surface area (Å²) in [6.45, 7) is 2.81. The highest BCUT2D eigenvalue weighted by molar-refractivity contribution is 7.10. The Balaban J connectivity index is 1.84. The van der Waals surface area contributed by atoms with Crippen molar-refractivity contribution in [2.24, 2.45) is 0 Å². The Bertz CT molecular complexity index is 996. The number of amides is 1. The van der Waals surface area contributed by atoms with Crippen LogP contribution < -0.4 is 5.56 Å². The van der Waals surface area contributed by atoms with Gasteiger partial charge in [-0.15, -0.1) is 11.3 Å². The predicted octanol–water partition coefficient (Wildman–Crippen LogP) is 4.09. The molecule has 1 aromatic carbocycles. The largest absolute Gasteiger partial charge is 0.332 e. The Kier molecular flexibility index (Phi) is 5.85. The zero-order chi connectivity index (χ0) is 18.5. The lowest BCUT2D eigenvalue weighted by molar-refractivity contribution is -0.126. The summed E-state index contributed by atoms with van der Waals surface area (Å²) in [5, 5.41) is 2.95. The molecule has 0 aliphatic rings. The summed E-state index contributed by atoms with van der Waals surface area (Å²) in [7, 11) is 0. The molecule has 134 valence electrons. The van der Waals surface area contributed by atoms with E-state index in [4.69, 9.17) is 11.6 Å². The maximum Gasteiger partial charge on any atom is 0.258 e. The first-order valence-corrected chi connectivity index (χ1v) is 9.51. The number of aromatic amines is 1. The van der Waals surface area contributed by atoms with E-state index in [-0.39, 0.29) is 18.0 Å². The molecule has 2 aromatic heterocycles. The Morgan fingerprint density at radius 3 is 2.96 bits per heavy atom. The predicted molar refractivity (Wildman–Crippen MR) is 106 cm³/mol. The molecule has 0 unspecified atom stereocenters. The minimum Gasteiger partial charge on any atom is -0.332 e. The summed E-state index contributed by atoms with van der Waals surface area (Å²) in [6.07, 6.45) is 4.16. The number of nitrogens with zero attached hydrogens (tertiary/aromatic N) is 2. The number of carbonyl (C=O) groups excluding carboxylic acids is 1. The summed E-state index contributed by atoms with van der Waals surface area (Å²) in [4.78, 5) is 34.7. The van der Waals surface area contributed by atoms with Crippen LogP contribution >= 0.6 is 22.9 Å². The number of aromatic nitrogens is 2. The van der Waals surface area contributed by atoms with Crippen LogP contribution in [0.15, 0.2) is 46.6 Å². The number of hydrogen-bond donors (Lipinski definition) is 1. The Labute approximate surface area is 160 Å². The molecule has 0 aliphatic carbocycles. The summed E-state index contributed by atoms with van der Waals surface area (Å²) >= 11 is 7.56. The monoisotopic (exact) mass is 387 g/mol. The van der Waals surface area contributed by atoms with Crippen molar-refractivity contribution in [1.29, 1.82) is 0 Å². The van der Waals surface area contributed by atoms with E-state index in [2.05, 4.69) is 9.97 Å². The molecule has 1 amide bonds. The summed E-state index contributed by atoms with van der Waals surface area (Å²) in [5.74, 6) is 0.324. The van der Waals surface area contributed by atoms with E-state index in [1.807, 2.05) is 24.4 Å². The molecule has 0 saturated carbocycles. The average Bonchev–Trinajstić information content (AvgIpc) is 3.12. The smallest absolute Gasteiger partial charge is 0.258 e.